The molecule has 2 heterocycles. The van der Waals surface area contributed by atoms with Gasteiger partial charge in [-0.05, 0) is 35.7 Å². The highest BCUT2D eigenvalue weighted by Crippen LogP contribution is 2.39. The Morgan fingerprint density at radius 2 is 1.71 bits per heavy atom. The Balaban J connectivity index is 2.00. The van der Waals surface area contributed by atoms with Gasteiger partial charge in [-0.2, -0.15) is 0 Å². The van der Waals surface area contributed by atoms with Gasteiger partial charge in [0.25, 0.3) is 0 Å². The van der Waals surface area contributed by atoms with E-state index < -0.39 is 0 Å². The van der Waals surface area contributed by atoms with E-state index in [0.717, 1.165) is 40.0 Å². The van der Waals surface area contributed by atoms with Crippen molar-refractivity contribution >= 4 is 40.0 Å². The largest absolute Gasteiger partial charge is 0.441 e. The van der Waals surface area contributed by atoms with Crippen LogP contribution in [0.5, 0.6) is 0 Å². The average molecular weight is 411 g/mol. The summed E-state index contributed by atoms with van der Waals surface area (Å²) in [6, 6.07) is 17.4. The zero-order valence-electron chi connectivity index (χ0n) is 15.7. The van der Waals surface area contributed by atoms with Gasteiger partial charge in [0.15, 0.2) is 0 Å². The third kappa shape index (κ3) is 3.48. The predicted molar refractivity (Wildman–Crippen MR) is 118 cm³/mol. The van der Waals surface area contributed by atoms with E-state index in [0.29, 0.717) is 27.4 Å². The minimum Gasteiger partial charge on any atom is -0.441 e. The Kier molecular flexibility index (Phi) is 5.05. The lowest BCUT2D eigenvalue weighted by Gasteiger charge is -2.11. The first-order chi connectivity index (χ1) is 13.4. The summed E-state index contributed by atoms with van der Waals surface area (Å²) in [7, 11) is 0. The van der Waals surface area contributed by atoms with Gasteiger partial charge in [0.2, 0.25) is 5.71 Å². The molecule has 0 atom stereocenters. The molecule has 0 amide bonds. The van der Waals surface area contributed by atoms with Gasteiger partial charge in [-0.1, -0.05) is 67.4 Å². The molecular formula is C23H20Cl2N2O. The number of rotatable bonds is 4. The molecule has 4 rings (SSSR count). The molecule has 0 aliphatic carbocycles. The van der Waals surface area contributed by atoms with Crippen LogP contribution >= 0.6 is 23.2 Å². The van der Waals surface area contributed by atoms with E-state index in [-0.39, 0.29) is 0 Å². The van der Waals surface area contributed by atoms with Gasteiger partial charge in [-0.3, -0.25) is 0 Å². The SMILES string of the molecule is CC(C)Cc1oc2nc(-c3ccccc3Cl)c(-c3ccc(Cl)cc3)cc2c1N. The fourth-order valence-corrected chi connectivity index (χ4v) is 3.67. The lowest BCUT2D eigenvalue weighted by molar-refractivity contribution is 0.496. The molecule has 142 valence electrons. The maximum atomic E-state index is 6.48. The van der Waals surface area contributed by atoms with Crippen molar-refractivity contribution in [1.82, 2.24) is 4.98 Å². The number of anilines is 1. The molecule has 2 N–H and O–H groups in total. The van der Waals surface area contributed by atoms with Crippen LogP contribution in [0.1, 0.15) is 19.6 Å². The molecule has 0 aliphatic heterocycles. The molecule has 2 aromatic heterocycles. The van der Waals surface area contributed by atoms with Gasteiger partial charge in [-0.25, -0.2) is 4.98 Å². The van der Waals surface area contributed by atoms with Crippen molar-refractivity contribution < 1.29 is 4.42 Å². The molecule has 0 spiro atoms. The van der Waals surface area contributed by atoms with Crippen LogP contribution in [-0.2, 0) is 6.42 Å². The van der Waals surface area contributed by atoms with E-state index >= 15 is 0 Å². The topological polar surface area (TPSA) is 52.0 Å². The first kappa shape index (κ1) is 18.9. The number of halogens is 2. The molecule has 28 heavy (non-hydrogen) atoms. The van der Waals surface area contributed by atoms with Crippen LogP contribution in [0, 0.1) is 5.92 Å². The number of pyridine rings is 1. The van der Waals surface area contributed by atoms with Crippen LogP contribution in [0.2, 0.25) is 10.0 Å². The summed E-state index contributed by atoms with van der Waals surface area (Å²) >= 11 is 12.6. The fraction of sp³-hybridized carbons (Fsp3) is 0.174. The van der Waals surface area contributed by atoms with Crippen molar-refractivity contribution in [2.45, 2.75) is 20.3 Å². The summed E-state index contributed by atoms with van der Waals surface area (Å²) in [6.45, 7) is 4.27. The smallest absolute Gasteiger partial charge is 0.229 e. The lowest BCUT2D eigenvalue weighted by atomic mass is 9.98. The van der Waals surface area contributed by atoms with Gasteiger partial charge in [0, 0.05) is 27.6 Å². The Morgan fingerprint density at radius 1 is 1.00 bits per heavy atom. The van der Waals surface area contributed by atoms with Crippen molar-refractivity contribution in [3.63, 3.8) is 0 Å². The van der Waals surface area contributed by atoms with E-state index in [2.05, 4.69) is 13.8 Å². The Labute approximate surface area is 174 Å². The maximum Gasteiger partial charge on any atom is 0.229 e. The van der Waals surface area contributed by atoms with Gasteiger partial charge >= 0.3 is 0 Å². The Bertz CT molecular complexity index is 1150. The Hall–Kier alpha value is -2.49. The van der Waals surface area contributed by atoms with Crippen LogP contribution < -0.4 is 5.73 Å². The van der Waals surface area contributed by atoms with E-state index in [1.54, 1.807) is 0 Å². The van der Waals surface area contributed by atoms with Crippen molar-refractivity contribution in [3.8, 4) is 22.4 Å². The quantitative estimate of drug-likeness (QED) is 0.385. The minimum absolute atomic E-state index is 0.432. The van der Waals surface area contributed by atoms with Gasteiger partial charge in [0.1, 0.15) is 5.76 Å². The fourth-order valence-electron chi connectivity index (χ4n) is 3.32. The van der Waals surface area contributed by atoms with Gasteiger partial charge < -0.3 is 10.2 Å². The molecule has 4 aromatic rings. The second-order valence-electron chi connectivity index (χ2n) is 7.26. The van der Waals surface area contributed by atoms with Crippen LogP contribution in [0.3, 0.4) is 0 Å². The van der Waals surface area contributed by atoms with E-state index in [1.165, 1.54) is 0 Å². The second kappa shape index (κ2) is 7.50. The highest BCUT2D eigenvalue weighted by molar-refractivity contribution is 6.33. The number of aromatic nitrogens is 1. The molecule has 0 fully saturated rings. The number of fused-ring (bicyclic) bond motifs is 1. The molecule has 0 radical (unpaired) electrons. The third-order valence-corrected chi connectivity index (χ3v) is 5.26. The average Bonchev–Trinajstić information content (AvgIpc) is 2.96. The van der Waals surface area contributed by atoms with Gasteiger partial charge in [-0.15, -0.1) is 0 Å². The predicted octanol–water partition coefficient (Wildman–Crippen LogP) is 7.25. The second-order valence-corrected chi connectivity index (χ2v) is 8.10. The number of benzene rings is 2. The lowest BCUT2D eigenvalue weighted by Crippen LogP contribution is -1.96. The van der Waals surface area contributed by atoms with E-state index in [4.69, 9.17) is 38.3 Å². The molecule has 0 bridgehead atoms. The monoisotopic (exact) mass is 410 g/mol. The van der Waals surface area contributed by atoms with Crippen molar-refractivity contribution in [2.75, 3.05) is 5.73 Å². The standard InChI is InChI=1S/C23H20Cl2N2O/c1-13(2)11-20-21(26)18-12-17(14-7-9-15(24)10-8-14)22(27-23(18)28-20)16-5-3-4-6-19(16)25/h3-10,12-13H,11,26H2,1-2H3. The van der Waals surface area contributed by atoms with Crippen LogP contribution in [0.4, 0.5) is 5.69 Å². The summed E-state index contributed by atoms with van der Waals surface area (Å²) in [5.74, 6) is 1.21. The highest BCUT2D eigenvalue weighted by Gasteiger charge is 2.19. The number of hydrogen-bond donors (Lipinski definition) is 1. The zero-order valence-corrected chi connectivity index (χ0v) is 17.2. The zero-order chi connectivity index (χ0) is 19.8. The molecule has 0 saturated heterocycles. The molecule has 0 unspecified atom stereocenters. The third-order valence-electron chi connectivity index (χ3n) is 4.68. The van der Waals surface area contributed by atoms with Gasteiger partial charge in [0.05, 0.1) is 16.8 Å². The highest BCUT2D eigenvalue weighted by atomic mass is 35.5. The molecule has 2 aromatic carbocycles. The van der Waals surface area contributed by atoms with E-state index in [1.807, 2.05) is 54.6 Å². The molecule has 0 saturated carbocycles. The van der Waals surface area contributed by atoms with Crippen LogP contribution in [0.25, 0.3) is 33.5 Å². The normalized spacial score (nSPS) is 11.5. The van der Waals surface area contributed by atoms with Crippen LogP contribution in [0.15, 0.2) is 59.0 Å². The number of nitrogens with zero attached hydrogens (tertiary/aromatic N) is 1. The number of nitrogens with two attached hydrogens (primary N) is 1. The summed E-state index contributed by atoms with van der Waals surface area (Å²) < 4.78 is 6.02. The Morgan fingerprint density at radius 3 is 2.39 bits per heavy atom. The summed E-state index contributed by atoms with van der Waals surface area (Å²) in [5.41, 5.74) is 11.1. The van der Waals surface area contributed by atoms with Crippen molar-refractivity contribution in [2.24, 2.45) is 5.92 Å². The minimum atomic E-state index is 0.432. The number of hydrogen-bond acceptors (Lipinski definition) is 3. The van der Waals surface area contributed by atoms with Crippen molar-refractivity contribution in [3.05, 3.63) is 70.4 Å². The first-order valence-electron chi connectivity index (χ1n) is 9.16. The van der Waals surface area contributed by atoms with E-state index in [9.17, 15) is 0 Å². The molecule has 5 heteroatoms. The summed E-state index contributed by atoms with van der Waals surface area (Å²) in [5, 5.41) is 2.13. The molecule has 3 nitrogen and oxygen atoms in total. The summed E-state index contributed by atoms with van der Waals surface area (Å²) in [4.78, 5) is 4.83. The molecular weight excluding hydrogens is 391 g/mol. The first-order valence-corrected chi connectivity index (χ1v) is 9.92. The number of nitrogen functional groups attached to an aromatic ring is 1. The maximum absolute atomic E-state index is 6.48. The van der Waals surface area contributed by atoms with Crippen molar-refractivity contribution in [1.29, 1.82) is 0 Å². The molecule has 0 aliphatic rings. The summed E-state index contributed by atoms with van der Waals surface area (Å²) in [6.07, 6.45) is 0.764. The number of furan rings is 1. The van der Waals surface area contributed by atoms with Crippen LogP contribution in [-0.4, -0.2) is 4.98 Å².